The fourth-order valence-electron chi connectivity index (χ4n) is 3.57. The number of nitrogens with one attached hydrogen (secondary N) is 1. The van der Waals surface area contributed by atoms with Crippen molar-refractivity contribution in [2.75, 3.05) is 18.4 Å². The van der Waals surface area contributed by atoms with Crippen LogP contribution in [-0.2, 0) is 14.8 Å². The molecule has 27 heavy (non-hydrogen) atoms. The van der Waals surface area contributed by atoms with Crippen LogP contribution in [0.25, 0.3) is 0 Å². The molecule has 0 aliphatic carbocycles. The monoisotopic (exact) mass is 391 g/mol. The van der Waals surface area contributed by atoms with Crippen molar-refractivity contribution >= 4 is 21.6 Å². The predicted molar refractivity (Wildman–Crippen MR) is 102 cm³/mol. The van der Waals surface area contributed by atoms with E-state index in [0.717, 1.165) is 16.8 Å². The summed E-state index contributed by atoms with van der Waals surface area (Å²) in [5, 5.41) is 6.75. The third-order valence-corrected chi connectivity index (χ3v) is 7.26. The largest absolute Gasteiger partial charge is 0.360 e. The van der Waals surface area contributed by atoms with Gasteiger partial charge in [-0.3, -0.25) is 4.79 Å². The van der Waals surface area contributed by atoms with Gasteiger partial charge in [-0.1, -0.05) is 23.4 Å². The molecule has 0 radical (unpaired) electrons. The molecule has 1 aromatic heterocycles. The second-order valence-electron chi connectivity index (χ2n) is 7.09. The number of hydrogen-bond acceptors (Lipinski definition) is 5. The number of piperidine rings is 1. The summed E-state index contributed by atoms with van der Waals surface area (Å²) < 4.78 is 32.2. The minimum atomic E-state index is -3.66. The molecule has 2 heterocycles. The van der Waals surface area contributed by atoms with Gasteiger partial charge in [-0.2, -0.15) is 4.31 Å². The molecular weight excluding hydrogens is 366 g/mol. The third-order valence-electron chi connectivity index (χ3n) is 5.12. The van der Waals surface area contributed by atoms with Gasteiger partial charge in [-0.15, -0.1) is 0 Å². The van der Waals surface area contributed by atoms with E-state index in [0.29, 0.717) is 37.4 Å². The van der Waals surface area contributed by atoms with Crippen LogP contribution in [0.4, 0.5) is 5.69 Å². The number of benzene rings is 1. The lowest BCUT2D eigenvalue weighted by molar-refractivity contribution is -0.120. The normalized spacial score (nSPS) is 16.4. The molecular formula is C19H25N3O4S. The van der Waals surface area contributed by atoms with E-state index in [2.05, 4.69) is 10.5 Å². The van der Waals surface area contributed by atoms with Gasteiger partial charge in [0, 0.05) is 24.7 Å². The number of rotatable bonds is 4. The highest BCUT2D eigenvalue weighted by atomic mass is 32.2. The Labute approximate surface area is 159 Å². The zero-order chi connectivity index (χ0) is 19.8. The van der Waals surface area contributed by atoms with Crippen molar-refractivity contribution in [3.05, 3.63) is 40.8 Å². The molecule has 1 amide bonds. The number of nitrogens with zero attached hydrogens (tertiary/aromatic N) is 2. The van der Waals surface area contributed by atoms with Gasteiger partial charge in [0.1, 0.15) is 10.6 Å². The molecule has 1 saturated heterocycles. The maximum absolute atomic E-state index is 12.9. The number of carbonyl (C=O) groups is 1. The summed E-state index contributed by atoms with van der Waals surface area (Å²) in [4.78, 5) is 12.8. The standard InChI is InChI=1S/C19H25N3O4S/c1-12-6-5-7-13(2)17(12)20-19(23)16-8-10-22(11-9-16)27(24,25)18-14(3)21-26-15(18)4/h5-7,16H,8-11H2,1-4H3,(H,20,23). The molecule has 146 valence electrons. The summed E-state index contributed by atoms with van der Waals surface area (Å²) in [5.74, 6) is 0.0318. The second-order valence-corrected chi connectivity index (χ2v) is 8.96. The van der Waals surface area contributed by atoms with E-state index in [1.54, 1.807) is 13.8 Å². The van der Waals surface area contributed by atoms with Crippen LogP contribution in [0.3, 0.4) is 0 Å². The topological polar surface area (TPSA) is 92.5 Å². The van der Waals surface area contributed by atoms with Gasteiger partial charge >= 0.3 is 0 Å². The highest BCUT2D eigenvalue weighted by molar-refractivity contribution is 7.89. The molecule has 0 atom stereocenters. The van der Waals surface area contributed by atoms with Crippen molar-refractivity contribution in [1.29, 1.82) is 0 Å². The van der Waals surface area contributed by atoms with Crippen LogP contribution >= 0.6 is 0 Å². The van der Waals surface area contributed by atoms with Gasteiger partial charge < -0.3 is 9.84 Å². The predicted octanol–water partition coefficient (Wildman–Crippen LogP) is 2.95. The van der Waals surface area contributed by atoms with Crippen molar-refractivity contribution < 1.29 is 17.7 Å². The Balaban J connectivity index is 1.68. The molecule has 8 heteroatoms. The molecule has 1 fully saturated rings. The first-order chi connectivity index (χ1) is 12.7. The first-order valence-corrected chi connectivity index (χ1v) is 10.5. The van der Waals surface area contributed by atoms with Crippen molar-refractivity contribution in [2.45, 2.75) is 45.4 Å². The Bertz CT molecular complexity index is 918. The minimum absolute atomic E-state index is 0.0539. The Morgan fingerprint density at radius 2 is 1.74 bits per heavy atom. The molecule has 1 aromatic carbocycles. The van der Waals surface area contributed by atoms with Gasteiger partial charge in [0.25, 0.3) is 0 Å². The van der Waals surface area contributed by atoms with Crippen molar-refractivity contribution in [3.63, 3.8) is 0 Å². The lowest BCUT2D eigenvalue weighted by Crippen LogP contribution is -2.41. The quantitative estimate of drug-likeness (QED) is 0.865. The number of amides is 1. The van der Waals surface area contributed by atoms with Crippen LogP contribution < -0.4 is 5.32 Å². The third kappa shape index (κ3) is 3.77. The molecule has 0 unspecified atom stereocenters. The molecule has 7 nitrogen and oxygen atoms in total. The Morgan fingerprint density at radius 3 is 2.26 bits per heavy atom. The van der Waals surface area contributed by atoms with E-state index >= 15 is 0 Å². The highest BCUT2D eigenvalue weighted by Gasteiger charge is 2.35. The number of para-hydroxylation sites is 1. The fraction of sp³-hybridized carbons (Fsp3) is 0.474. The smallest absolute Gasteiger partial charge is 0.248 e. The highest BCUT2D eigenvalue weighted by Crippen LogP contribution is 2.29. The van der Waals surface area contributed by atoms with Gasteiger partial charge in [-0.05, 0) is 51.7 Å². The van der Waals surface area contributed by atoms with Crippen molar-refractivity contribution in [3.8, 4) is 0 Å². The van der Waals surface area contributed by atoms with E-state index < -0.39 is 10.0 Å². The Kier molecular flexibility index (Phi) is 5.39. The van der Waals surface area contributed by atoms with E-state index in [-0.39, 0.29) is 16.7 Å². The van der Waals surface area contributed by atoms with Crippen molar-refractivity contribution in [1.82, 2.24) is 9.46 Å². The van der Waals surface area contributed by atoms with Gasteiger partial charge in [0.2, 0.25) is 15.9 Å². The SMILES string of the molecule is Cc1cccc(C)c1NC(=O)C1CCN(S(=O)(=O)c2c(C)noc2C)CC1. The molecule has 1 aliphatic heterocycles. The molecule has 0 bridgehead atoms. The Morgan fingerprint density at radius 1 is 1.15 bits per heavy atom. The lowest BCUT2D eigenvalue weighted by atomic mass is 9.96. The lowest BCUT2D eigenvalue weighted by Gasteiger charge is -2.30. The van der Waals surface area contributed by atoms with E-state index in [1.807, 2.05) is 32.0 Å². The van der Waals surface area contributed by atoms with Crippen LogP contribution in [-0.4, -0.2) is 36.9 Å². The summed E-state index contributed by atoms with van der Waals surface area (Å²) in [6, 6.07) is 5.88. The molecule has 0 spiro atoms. The summed E-state index contributed by atoms with van der Waals surface area (Å²) in [7, 11) is -3.66. The first kappa shape index (κ1) is 19.6. The number of hydrogen-bond donors (Lipinski definition) is 1. The average Bonchev–Trinajstić information content (AvgIpc) is 2.97. The van der Waals surface area contributed by atoms with Gasteiger partial charge in [0.15, 0.2) is 5.76 Å². The number of anilines is 1. The summed E-state index contributed by atoms with van der Waals surface area (Å²) in [6.07, 6.45) is 0.971. The van der Waals surface area contributed by atoms with Crippen LogP contribution in [0.15, 0.2) is 27.6 Å². The van der Waals surface area contributed by atoms with Crippen LogP contribution in [0.5, 0.6) is 0 Å². The first-order valence-electron chi connectivity index (χ1n) is 9.02. The number of sulfonamides is 1. The summed E-state index contributed by atoms with van der Waals surface area (Å²) in [6.45, 7) is 7.74. The van der Waals surface area contributed by atoms with E-state index in [4.69, 9.17) is 4.52 Å². The maximum atomic E-state index is 12.9. The molecule has 1 N–H and O–H groups in total. The molecule has 1 aliphatic rings. The fourth-order valence-corrected chi connectivity index (χ4v) is 5.33. The van der Waals surface area contributed by atoms with E-state index in [1.165, 1.54) is 4.31 Å². The average molecular weight is 391 g/mol. The van der Waals surface area contributed by atoms with Crippen LogP contribution in [0.1, 0.15) is 35.4 Å². The molecule has 3 rings (SSSR count). The van der Waals surface area contributed by atoms with E-state index in [9.17, 15) is 13.2 Å². The number of aryl methyl sites for hydroxylation is 4. The zero-order valence-electron chi connectivity index (χ0n) is 16.1. The second kappa shape index (κ2) is 7.44. The molecule has 0 saturated carbocycles. The van der Waals surface area contributed by atoms with Gasteiger partial charge in [0.05, 0.1) is 0 Å². The maximum Gasteiger partial charge on any atom is 0.248 e. The number of aromatic nitrogens is 1. The Hall–Kier alpha value is -2.19. The number of carbonyl (C=O) groups excluding carboxylic acids is 1. The minimum Gasteiger partial charge on any atom is -0.360 e. The van der Waals surface area contributed by atoms with Crippen LogP contribution in [0, 0.1) is 33.6 Å². The van der Waals surface area contributed by atoms with Gasteiger partial charge in [-0.25, -0.2) is 8.42 Å². The van der Waals surface area contributed by atoms with Crippen LogP contribution in [0.2, 0.25) is 0 Å². The summed E-state index contributed by atoms with van der Waals surface area (Å²) in [5.41, 5.74) is 3.24. The van der Waals surface area contributed by atoms with Crippen molar-refractivity contribution in [2.24, 2.45) is 5.92 Å². The zero-order valence-corrected chi connectivity index (χ0v) is 16.9. The molecule has 2 aromatic rings. The summed E-state index contributed by atoms with van der Waals surface area (Å²) >= 11 is 0.